The summed E-state index contributed by atoms with van der Waals surface area (Å²) in [4.78, 5) is 11.8. The molecule has 1 aromatic rings. The lowest BCUT2D eigenvalue weighted by Crippen LogP contribution is -2.31. The summed E-state index contributed by atoms with van der Waals surface area (Å²) >= 11 is 0. The minimum atomic E-state index is -0.459. The normalized spacial score (nSPS) is 10.2. The highest BCUT2D eigenvalue weighted by atomic mass is 16.3. The predicted octanol–water partition coefficient (Wildman–Crippen LogP) is -0.718. The first-order valence-electron chi connectivity index (χ1n) is 5.36. The van der Waals surface area contributed by atoms with Crippen LogP contribution in [-0.4, -0.2) is 29.3 Å². The Hall–Kier alpha value is -1.84. The highest BCUT2D eigenvalue weighted by molar-refractivity contribution is 5.37. The summed E-state index contributed by atoms with van der Waals surface area (Å²) in [7, 11) is 0. The Bertz CT molecular complexity index is 487. The van der Waals surface area contributed by atoms with Gasteiger partial charge in [0.1, 0.15) is 11.6 Å². The molecule has 1 heterocycles. The van der Waals surface area contributed by atoms with Gasteiger partial charge in [0.25, 0.3) is 5.56 Å². The number of aromatic nitrogens is 1. The van der Waals surface area contributed by atoms with Crippen LogP contribution in [0.5, 0.6) is 5.88 Å². The summed E-state index contributed by atoms with van der Waals surface area (Å²) in [5.74, 6) is -0.124. The lowest BCUT2D eigenvalue weighted by atomic mass is 10.1. The van der Waals surface area contributed by atoms with Gasteiger partial charge in [-0.25, -0.2) is 0 Å². The molecule has 0 unspecified atom stereocenters. The van der Waals surface area contributed by atoms with Gasteiger partial charge in [0.2, 0.25) is 0 Å². The van der Waals surface area contributed by atoms with Gasteiger partial charge in [-0.1, -0.05) is 0 Å². The first kappa shape index (κ1) is 13.2. The van der Waals surface area contributed by atoms with Crippen LogP contribution in [0.3, 0.4) is 0 Å². The van der Waals surface area contributed by atoms with Crippen molar-refractivity contribution in [3.63, 3.8) is 0 Å². The number of hydrogen-bond donors (Lipinski definition) is 3. The Balaban J connectivity index is 2.93. The molecule has 0 bridgehead atoms. The monoisotopic (exact) mass is 236 g/mol. The fourth-order valence-electron chi connectivity index (χ4n) is 1.52. The molecule has 0 fully saturated rings. The van der Waals surface area contributed by atoms with Gasteiger partial charge in [-0.15, -0.1) is 0 Å². The molecule has 6 heteroatoms. The van der Waals surface area contributed by atoms with Crippen molar-refractivity contribution < 1.29 is 5.11 Å². The third-order valence-electron chi connectivity index (χ3n) is 2.42. The molecule has 0 saturated carbocycles. The summed E-state index contributed by atoms with van der Waals surface area (Å²) in [5, 5.41) is 21.5. The van der Waals surface area contributed by atoms with Crippen LogP contribution in [0.4, 0.5) is 0 Å². The molecule has 0 aromatic carbocycles. The molecule has 0 saturated heterocycles. The van der Waals surface area contributed by atoms with Crippen LogP contribution in [0.2, 0.25) is 0 Å². The van der Waals surface area contributed by atoms with Crippen molar-refractivity contribution in [2.24, 2.45) is 5.73 Å². The van der Waals surface area contributed by atoms with Crippen LogP contribution in [-0.2, 0) is 6.54 Å². The molecule has 0 aliphatic carbocycles. The lowest BCUT2D eigenvalue weighted by Gasteiger charge is -2.10. The first-order valence-corrected chi connectivity index (χ1v) is 5.36. The average Bonchev–Trinajstić information content (AvgIpc) is 2.28. The summed E-state index contributed by atoms with van der Waals surface area (Å²) in [6, 6.07) is 3.27. The zero-order chi connectivity index (χ0) is 12.8. The molecule has 92 valence electrons. The Morgan fingerprint density at radius 1 is 1.59 bits per heavy atom. The number of nitriles is 1. The van der Waals surface area contributed by atoms with Crippen LogP contribution in [0.15, 0.2) is 10.9 Å². The maximum absolute atomic E-state index is 11.8. The van der Waals surface area contributed by atoms with Gasteiger partial charge in [-0.05, 0) is 12.5 Å². The van der Waals surface area contributed by atoms with E-state index >= 15 is 0 Å². The fraction of sp³-hybridized carbons (Fsp3) is 0.455. The molecule has 0 atom stereocenters. The number of pyridine rings is 1. The molecule has 0 aliphatic rings. The average molecular weight is 236 g/mol. The summed E-state index contributed by atoms with van der Waals surface area (Å²) in [5.41, 5.74) is 5.41. The minimum absolute atomic E-state index is 0.0709. The van der Waals surface area contributed by atoms with Gasteiger partial charge in [-0.3, -0.25) is 9.36 Å². The van der Waals surface area contributed by atoms with E-state index in [2.05, 4.69) is 5.32 Å². The number of nitrogens with zero attached hydrogens (tertiary/aromatic N) is 2. The predicted molar refractivity (Wildman–Crippen MR) is 63.7 cm³/mol. The molecule has 0 radical (unpaired) electrons. The molecule has 0 spiro atoms. The van der Waals surface area contributed by atoms with Crippen LogP contribution in [0.25, 0.3) is 0 Å². The molecule has 0 amide bonds. The third-order valence-corrected chi connectivity index (χ3v) is 2.42. The van der Waals surface area contributed by atoms with Crippen molar-refractivity contribution in [1.29, 1.82) is 5.26 Å². The molecule has 4 N–H and O–H groups in total. The number of nitrogens with two attached hydrogens (primary N) is 1. The van der Waals surface area contributed by atoms with E-state index in [-0.39, 0.29) is 11.4 Å². The second-order valence-electron chi connectivity index (χ2n) is 3.67. The molecule has 1 rings (SSSR count). The lowest BCUT2D eigenvalue weighted by molar-refractivity contribution is 0.401. The van der Waals surface area contributed by atoms with Crippen molar-refractivity contribution in [2.75, 3.05) is 19.6 Å². The zero-order valence-electron chi connectivity index (χ0n) is 9.73. The van der Waals surface area contributed by atoms with Crippen LogP contribution in [0, 0.1) is 18.3 Å². The Morgan fingerprint density at radius 3 is 2.88 bits per heavy atom. The van der Waals surface area contributed by atoms with Gasteiger partial charge < -0.3 is 16.2 Å². The van der Waals surface area contributed by atoms with Crippen molar-refractivity contribution in [3.8, 4) is 11.9 Å². The fourth-order valence-corrected chi connectivity index (χ4v) is 1.52. The van der Waals surface area contributed by atoms with Crippen LogP contribution in [0.1, 0.15) is 11.1 Å². The number of nitrogens with one attached hydrogen (secondary N) is 1. The largest absolute Gasteiger partial charge is 0.494 e. The van der Waals surface area contributed by atoms with Crippen molar-refractivity contribution in [3.05, 3.63) is 27.5 Å². The molecule has 6 nitrogen and oxygen atoms in total. The molecular formula is C11H16N4O2. The van der Waals surface area contributed by atoms with E-state index in [1.807, 2.05) is 6.07 Å². The molecule has 17 heavy (non-hydrogen) atoms. The number of hydrogen-bond acceptors (Lipinski definition) is 5. The smallest absolute Gasteiger partial charge is 0.271 e. The standard InChI is InChI=1S/C11H16N4O2/c1-8-6-10(16)15(5-4-14-3-2-12)11(17)9(8)7-13/h6,14,16H,2-5,12H2,1H3. The van der Waals surface area contributed by atoms with Crippen molar-refractivity contribution in [1.82, 2.24) is 9.88 Å². The zero-order valence-corrected chi connectivity index (χ0v) is 9.73. The topological polar surface area (TPSA) is 104 Å². The van der Waals surface area contributed by atoms with Crippen LogP contribution >= 0.6 is 0 Å². The molecule has 1 aromatic heterocycles. The SMILES string of the molecule is Cc1cc(O)n(CCNCCN)c(=O)c1C#N. The summed E-state index contributed by atoms with van der Waals surface area (Å²) in [6.07, 6.45) is 0. The van der Waals surface area contributed by atoms with Crippen LogP contribution < -0.4 is 16.6 Å². The van der Waals surface area contributed by atoms with E-state index in [1.165, 1.54) is 10.6 Å². The van der Waals surface area contributed by atoms with Gasteiger partial charge in [0.15, 0.2) is 5.88 Å². The second kappa shape index (κ2) is 6.03. The van der Waals surface area contributed by atoms with E-state index in [0.29, 0.717) is 31.7 Å². The summed E-state index contributed by atoms with van der Waals surface area (Å²) < 4.78 is 1.18. The quantitative estimate of drug-likeness (QED) is 0.585. The van der Waals surface area contributed by atoms with Crippen molar-refractivity contribution in [2.45, 2.75) is 13.5 Å². The Labute approximate surface area is 99.3 Å². The molecular weight excluding hydrogens is 220 g/mol. The highest BCUT2D eigenvalue weighted by Gasteiger charge is 2.10. The maximum atomic E-state index is 11.8. The minimum Gasteiger partial charge on any atom is -0.494 e. The van der Waals surface area contributed by atoms with Gasteiger partial charge in [-0.2, -0.15) is 5.26 Å². The number of rotatable bonds is 5. The Morgan fingerprint density at radius 2 is 2.29 bits per heavy atom. The van der Waals surface area contributed by atoms with E-state index in [1.54, 1.807) is 6.92 Å². The second-order valence-corrected chi connectivity index (χ2v) is 3.67. The van der Waals surface area contributed by atoms with E-state index in [4.69, 9.17) is 11.0 Å². The van der Waals surface area contributed by atoms with Crippen molar-refractivity contribution >= 4 is 0 Å². The Kier molecular flexibility index (Phi) is 4.69. The van der Waals surface area contributed by atoms with Gasteiger partial charge in [0.05, 0.1) is 0 Å². The molecule has 0 aliphatic heterocycles. The van der Waals surface area contributed by atoms with E-state index in [9.17, 15) is 9.90 Å². The highest BCUT2D eigenvalue weighted by Crippen LogP contribution is 2.11. The third kappa shape index (κ3) is 3.06. The van der Waals surface area contributed by atoms with E-state index < -0.39 is 5.56 Å². The number of aromatic hydroxyl groups is 1. The van der Waals surface area contributed by atoms with Gasteiger partial charge >= 0.3 is 0 Å². The van der Waals surface area contributed by atoms with E-state index in [0.717, 1.165) is 0 Å². The van der Waals surface area contributed by atoms with Gasteiger partial charge in [0, 0.05) is 32.2 Å². The first-order chi connectivity index (χ1) is 8.11. The maximum Gasteiger partial charge on any atom is 0.271 e. The summed E-state index contributed by atoms with van der Waals surface area (Å²) in [6.45, 7) is 3.60. The number of aryl methyl sites for hydroxylation is 1.